The van der Waals surface area contributed by atoms with Gasteiger partial charge in [-0.1, -0.05) is 19.1 Å². The van der Waals surface area contributed by atoms with Crippen LogP contribution in [0.3, 0.4) is 0 Å². The molecule has 0 unspecified atom stereocenters. The highest BCUT2D eigenvalue weighted by Gasteiger charge is 2.03. The maximum absolute atomic E-state index is 5.72. The van der Waals surface area contributed by atoms with Crippen molar-refractivity contribution in [2.75, 3.05) is 12.4 Å². The second-order valence-electron chi connectivity index (χ2n) is 4.50. The van der Waals surface area contributed by atoms with Crippen molar-refractivity contribution in [1.29, 1.82) is 0 Å². The molecule has 1 aliphatic heterocycles. The predicted octanol–water partition coefficient (Wildman–Crippen LogP) is 3.93. The van der Waals surface area contributed by atoms with Gasteiger partial charge in [-0.2, -0.15) is 10.2 Å². The third kappa shape index (κ3) is 5.07. The van der Waals surface area contributed by atoms with Gasteiger partial charge in [0.15, 0.2) is 0 Å². The molecule has 0 bridgehead atoms. The molecule has 0 aromatic heterocycles. The van der Waals surface area contributed by atoms with Crippen LogP contribution in [0.2, 0.25) is 0 Å². The molecule has 0 aliphatic carbocycles. The van der Waals surface area contributed by atoms with Crippen molar-refractivity contribution >= 4 is 23.0 Å². The summed E-state index contributed by atoms with van der Waals surface area (Å²) in [5.41, 5.74) is 4.34. The minimum atomic E-state index is 0.773. The summed E-state index contributed by atoms with van der Waals surface area (Å²) in [6.07, 6.45) is 4.27. The standard InChI is InChI=1S/C15H20N2OS/c1-2-13-6-8-15(9-7-13)18-10-4-3-5-14-11-19-12-16-17-14/h6-9,12H,2-5,10-11H2,1H3. The molecule has 0 fully saturated rings. The van der Waals surface area contributed by atoms with Gasteiger partial charge in [-0.05, 0) is 43.4 Å². The number of benzene rings is 1. The average Bonchev–Trinajstić information content (AvgIpc) is 2.49. The number of hydrogen-bond donors (Lipinski definition) is 0. The number of hydrogen-bond acceptors (Lipinski definition) is 4. The molecular weight excluding hydrogens is 256 g/mol. The lowest BCUT2D eigenvalue weighted by Crippen LogP contribution is -2.06. The van der Waals surface area contributed by atoms with Gasteiger partial charge < -0.3 is 4.74 Å². The van der Waals surface area contributed by atoms with E-state index in [4.69, 9.17) is 4.74 Å². The summed E-state index contributed by atoms with van der Waals surface area (Å²) in [5, 5.41) is 8.04. The van der Waals surface area contributed by atoms with Crippen LogP contribution >= 0.6 is 11.8 Å². The highest BCUT2D eigenvalue weighted by Crippen LogP contribution is 2.14. The van der Waals surface area contributed by atoms with Gasteiger partial charge in [0.25, 0.3) is 0 Å². The van der Waals surface area contributed by atoms with E-state index in [9.17, 15) is 0 Å². The first-order valence-electron chi connectivity index (χ1n) is 6.79. The quantitative estimate of drug-likeness (QED) is 0.707. The molecule has 0 saturated carbocycles. The van der Waals surface area contributed by atoms with E-state index in [2.05, 4.69) is 41.4 Å². The summed E-state index contributed by atoms with van der Waals surface area (Å²) in [4.78, 5) is 0. The molecule has 0 atom stereocenters. The zero-order valence-corrected chi connectivity index (χ0v) is 12.2. The van der Waals surface area contributed by atoms with Gasteiger partial charge in [-0.15, -0.1) is 11.8 Å². The maximum atomic E-state index is 5.72. The van der Waals surface area contributed by atoms with Crippen LogP contribution in [0, 0.1) is 0 Å². The molecule has 0 spiro atoms. The molecule has 2 rings (SSSR count). The zero-order valence-electron chi connectivity index (χ0n) is 11.3. The van der Waals surface area contributed by atoms with Crippen LogP contribution in [-0.2, 0) is 6.42 Å². The van der Waals surface area contributed by atoms with Crippen molar-refractivity contribution < 1.29 is 4.74 Å². The van der Waals surface area contributed by atoms with E-state index in [-0.39, 0.29) is 0 Å². The number of unbranched alkanes of at least 4 members (excludes halogenated alkanes) is 1. The van der Waals surface area contributed by atoms with Crippen LogP contribution in [0.25, 0.3) is 0 Å². The fraction of sp³-hybridized carbons (Fsp3) is 0.467. The third-order valence-electron chi connectivity index (χ3n) is 3.03. The SMILES string of the molecule is CCc1ccc(OCCCCC2=NN=CSC2)cc1. The number of thioether (sulfide) groups is 1. The molecule has 0 radical (unpaired) electrons. The Morgan fingerprint density at radius 2 is 2.05 bits per heavy atom. The number of ether oxygens (including phenoxy) is 1. The Kier molecular flexibility index (Phi) is 5.95. The number of rotatable bonds is 7. The Balaban J connectivity index is 1.60. The van der Waals surface area contributed by atoms with Gasteiger partial charge in [0.05, 0.1) is 17.9 Å². The highest BCUT2D eigenvalue weighted by molar-refractivity contribution is 8.12. The Hall–Kier alpha value is -1.29. The lowest BCUT2D eigenvalue weighted by Gasteiger charge is -2.08. The van der Waals surface area contributed by atoms with Crippen molar-refractivity contribution in [3.8, 4) is 5.75 Å². The summed E-state index contributed by atoms with van der Waals surface area (Å²) in [7, 11) is 0. The fourth-order valence-electron chi connectivity index (χ4n) is 1.87. The minimum Gasteiger partial charge on any atom is -0.494 e. The molecule has 102 valence electrons. The van der Waals surface area contributed by atoms with Gasteiger partial charge in [0, 0.05) is 5.75 Å². The minimum absolute atomic E-state index is 0.773. The van der Waals surface area contributed by atoms with E-state index < -0.39 is 0 Å². The van der Waals surface area contributed by atoms with Crippen molar-refractivity contribution in [1.82, 2.24) is 0 Å². The number of nitrogens with zero attached hydrogens (tertiary/aromatic N) is 2. The Morgan fingerprint density at radius 3 is 2.74 bits per heavy atom. The summed E-state index contributed by atoms with van der Waals surface area (Å²) in [5.74, 6) is 1.95. The van der Waals surface area contributed by atoms with Gasteiger partial charge in [-0.3, -0.25) is 0 Å². The van der Waals surface area contributed by atoms with E-state index in [1.807, 2.05) is 0 Å². The summed E-state index contributed by atoms with van der Waals surface area (Å²) in [6, 6.07) is 8.35. The van der Waals surface area contributed by atoms with Crippen LogP contribution in [0.5, 0.6) is 5.75 Å². The zero-order chi connectivity index (χ0) is 13.3. The molecule has 3 nitrogen and oxygen atoms in total. The Bertz CT molecular complexity index is 440. The molecule has 0 saturated heterocycles. The summed E-state index contributed by atoms with van der Waals surface area (Å²) in [6.45, 7) is 2.93. The first-order chi connectivity index (χ1) is 9.38. The normalized spacial score (nSPS) is 14.3. The molecule has 1 heterocycles. The van der Waals surface area contributed by atoms with Gasteiger partial charge in [-0.25, -0.2) is 0 Å². The van der Waals surface area contributed by atoms with Crippen LogP contribution < -0.4 is 4.74 Å². The Labute approximate surface area is 119 Å². The van der Waals surface area contributed by atoms with Crippen molar-refractivity contribution in [2.45, 2.75) is 32.6 Å². The molecule has 19 heavy (non-hydrogen) atoms. The molecule has 4 heteroatoms. The van der Waals surface area contributed by atoms with Crippen LogP contribution in [0.1, 0.15) is 31.7 Å². The average molecular weight is 276 g/mol. The maximum Gasteiger partial charge on any atom is 0.119 e. The van der Waals surface area contributed by atoms with E-state index >= 15 is 0 Å². The van der Waals surface area contributed by atoms with Crippen molar-refractivity contribution in [3.05, 3.63) is 29.8 Å². The van der Waals surface area contributed by atoms with Crippen LogP contribution in [0.15, 0.2) is 34.5 Å². The summed E-state index contributed by atoms with van der Waals surface area (Å²) < 4.78 is 5.72. The van der Waals surface area contributed by atoms with Gasteiger partial charge >= 0.3 is 0 Å². The molecular formula is C15H20N2OS. The number of aryl methyl sites for hydroxylation is 1. The van der Waals surface area contributed by atoms with Gasteiger partial charge in [0.1, 0.15) is 5.75 Å². The fourth-order valence-corrected chi connectivity index (χ4v) is 2.45. The highest BCUT2D eigenvalue weighted by atomic mass is 32.2. The van der Waals surface area contributed by atoms with E-state index in [0.29, 0.717) is 0 Å². The second-order valence-corrected chi connectivity index (χ2v) is 5.33. The molecule has 1 aromatic carbocycles. The lowest BCUT2D eigenvalue weighted by molar-refractivity contribution is 0.308. The first-order valence-corrected chi connectivity index (χ1v) is 7.84. The van der Waals surface area contributed by atoms with Crippen LogP contribution in [-0.4, -0.2) is 23.6 Å². The van der Waals surface area contributed by atoms with E-state index in [0.717, 1.165) is 43.8 Å². The molecule has 1 aromatic rings. The summed E-state index contributed by atoms with van der Waals surface area (Å²) >= 11 is 1.71. The van der Waals surface area contributed by atoms with E-state index in [1.54, 1.807) is 17.3 Å². The van der Waals surface area contributed by atoms with Crippen molar-refractivity contribution in [2.24, 2.45) is 10.2 Å². The third-order valence-corrected chi connectivity index (χ3v) is 3.77. The molecule has 1 aliphatic rings. The molecule has 0 N–H and O–H groups in total. The van der Waals surface area contributed by atoms with Gasteiger partial charge in [0.2, 0.25) is 0 Å². The van der Waals surface area contributed by atoms with Crippen molar-refractivity contribution in [3.63, 3.8) is 0 Å². The smallest absolute Gasteiger partial charge is 0.119 e. The van der Waals surface area contributed by atoms with E-state index in [1.165, 1.54) is 11.3 Å². The monoisotopic (exact) mass is 276 g/mol. The second kappa shape index (κ2) is 8.00. The van der Waals surface area contributed by atoms with Crippen LogP contribution in [0.4, 0.5) is 0 Å². The Morgan fingerprint density at radius 1 is 1.21 bits per heavy atom. The largest absolute Gasteiger partial charge is 0.494 e. The predicted molar refractivity (Wildman–Crippen MR) is 83.6 cm³/mol. The lowest BCUT2D eigenvalue weighted by atomic mass is 10.2. The topological polar surface area (TPSA) is 34.0 Å². The molecule has 0 amide bonds. The first kappa shape index (κ1) is 14.1.